The molecule has 1 fully saturated rings. The molecule has 1 aliphatic heterocycles. The van der Waals surface area contributed by atoms with Crippen LogP contribution in [-0.2, 0) is 0 Å². The van der Waals surface area contributed by atoms with Crippen molar-refractivity contribution in [3.63, 3.8) is 0 Å². The van der Waals surface area contributed by atoms with E-state index in [1.807, 2.05) is 6.20 Å². The highest BCUT2D eigenvalue weighted by Crippen LogP contribution is 2.30. The second kappa shape index (κ2) is 6.57. The Kier molecular flexibility index (Phi) is 3.74. The fourth-order valence-corrected chi connectivity index (χ4v) is 4.30. The number of aromatic amines is 2. The van der Waals surface area contributed by atoms with Gasteiger partial charge in [0.25, 0.3) is 0 Å². The lowest BCUT2D eigenvalue weighted by Crippen LogP contribution is -2.13. The summed E-state index contributed by atoms with van der Waals surface area (Å²) in [6.07, 6.45) is 5.93. The maximum absolute atomic E-state index is 4.79. The topological polar surface area (TPSA) is 69.4 Å². The lowest BCUT2D eigenvalue weighted by molar-refractivity contribution is 0.614. The number of nitrogens with one attached hydrogen (secondary N) is 3. The second-order valence-electron chi connectivity index (χ2n) is 7.74. The van der Waals surface area contributed by atoms with Gasteiger partial charge in [-0.05, 0) is 65.6 Å². The first kappa shape index (κ1) is 16.5. The van der Waals surface area contributed by atoms with E-state index in [1.165, 1.54) is 28.3 Å². The molecule has 5 heteroatoms. The van der Waals surface area contributed by atoms with Crippen LogP contribution in [0.3, 0.4) is 0 Å². The van der Waals surface area contributed by atoms with Gasteiger partial charge in [-0.3, -0.25) is 0 Å². The molecule has 5 aromatic rings. The summed E-state index contributed by atoms with van der Waals surface area (Å²) in [6, 6.07) is 20.0. The Bertz CT molecular complexity index is 1310. The average molecular weight is 379 g/mol. The first-order valence-corrected chi connectivity index (χ1v) is 10.1. The zero-order valence-corrected chi connectivity index (χ0v) is 15.9. The quantitative estimate of drug-likeness (QED) is 0.404. The average Bonchev–Trinajstić information content (AvgIpc) is 3.53. The predicted molar refractivity (Wildman–Crippen MR) is 117 cm³/mol. The van der Waals surface area contributed by atoms with Crippen LogP contribution in [0.15, 0.2) is 67.1 Å². The molecule has 0 radical (unpaired) electrons. The Hall–Kier alpha value is -3.44. The number of nitrogens with zero attached hydrogens (tertiary/aromatic N) is 2. The van der Waals surface area contributed by atoms with Crippen molar-refractivity contribution in [2.75, 3.05) is 6.54 Å². The number of fused-ring (bicyclic) bond motifs is 2. The second-order valence-corrected chi connectivity index (χ2v) is 7.74. The van der Waals surface area contributed by atoms with Gasteiger partial charge < -0.3 is 15.3 Å². The van der Waals surface area contributed by atoms with Gasteiger partial charge in [0.05, 0.1) is 35.3 Å². The maximum Gasteiger partial charge on any atom is 0.124 e. The summed E-state index contributed by atoms with van der Waals surface area (Å²) in [6.45, 7) is 1.08. The summed E-state index contributed by atoms with van der Waals surface area (Å²) in [5, 5.41) is 5.96. The summed E-state index contributed by atoms with van der Waals surface area (Å²) in [7, 11) is 0. The highest BCUT2D eigenvalue weighted by molar-refractivity contribution is 5.91. The zero-order valence-electron chi connectivity index (χ0n) is 15.9. The van der Waals surface area contributed by atoms with Crippen LogP contribution < -0.4 is 5.32 Å². The Balaban J connectivity index is 1.37. The van der Waals surface area contributed by atoms with Gasteiger partial charge >= 0.3 is 0 Å². The van der Waals surface area contributed by atoms with Gasteiger partial charge in [0.1, 0.15) is 5.82 Å². The summed E-state index contributed by atoms with van der Waals surface area (Å²) in [5.41, 5.74) is 6.72. The number of aromatic nitrogens is 4. The lowest BCUT2D eigenvalue weighted by Gasteiger charge is -2.06. The normalized spacial score (nSPS) is 16.8. The monoisotopic (exact) mass is 379 g/mol. The van der Waals surface area contributed by atoms with Crippen LogP contribution in [0.4, 0.5) is 0 Å². The molecule has 3 N–H and O–H groups in total. The fourth-order valence-electron chi connectivity index (χ4n) is 4.30. The minimum Gasteiger partial charge on any atom is -0.345 e. The third-order valence-electron chi connectivity index (χ3n) is 5.87. The largest absolute Gasteiger partial charge is 0.345 e. The fraction of sp³-hybridized carbons (Fsp3) is 0.167. The van der Waals surface area contributed by atoms with E-state index in [1.54, 1.807) is 6.33 Å². The summed E-state index contributed by atoms with van der Waals surface area (Å²) < 4.78 is 0. The van der Waals surface area contributed by atoms with Crippen molar-refractivity contribution in [3.8, 4) is 22.4 Å². The molecule has 0 amide bonds. The standard InChI is InChI=1S/C24H21N5/c1-2-21(26-9-1)24-28-20-8-7-18(12-22(20)29-24)16-3-4-17-11-19(6-5-15(17)10-16)23-13-25-14-27-23/h3-8,10-14,21,26H,1-2,9H2,(H,25,27)(H,28,29). The van der Waals surface area contributed by atoms with Gasteiger partial charge in [0.2, 0.25) is 0 Å². The minimum absolute atomic E-state index is 0.357. The first-order chi connectivity index (χ1) is 14.3. The van der Waals surface area contributed by atoms with Crippen molar-refractivity contribution in [1.82, 2.24) is 25.3 Å². The molecule has 3 heterocycles. The SMILES string of the molecule is c1ncc(-c2ccc3cc(-c4ccc5nc(C6CCCN6)[nH]c5c4)ccc3c2)[nH]1. The third-order valence-corrected chi connectivity index (χ3v) is 5.87. The van der Waals surface area contributed by atoms with Crippen LogP contribution in [-0.4, -0.2) is 26.5 Å². The van der Waals surface area contributed by atoms with E-state index in [0.29, 0.717) is 6.04 Å². The minimum atomic E-state index is 0.357. The van der Waals surface area contributed by atoms with E-state index in [9.17, 15) is 0 Å². The Morgan fingerprint density at radius 3 is 2.45 bits per heavy atom. The van der Waals surface area contributed by atoms with E-state index in [-0.39, 0.29) is 0 Å². The Morgan fingerprint density at radius 1 is 0.862 bits per heavy atom. The smallest absolute Gasteiger partial charge is 0.124 e. The van der Waals surface area contributed by atoms with Crippen LogP contribution in [0.5, 0.6) is 0 Å². The maximum atomic E-state index is 4.79. The molecule has 0 aliphatic carbocycles. The van der Waals surface area contributed by atoms with Crippen molar-refractivity contribution >= 4 is 21.8 Å². The van der Waals surface area contributed by atoms with Crippen molar-refractivity contribution < 1.29 is 0 Å². The van der Waals surface area contributed by atoms with E-state index in [0.717, 1.165) is 41.1 Å². The van der Waals surface area contributed by atoms with E-state index >= 15 is 0 Å². The van der Waals surface area contributed by atoms with E-state index in [4.69, 9.17) is 4.98 Å². The molecule has 1 saturated heterocycles. The number of imidazole rings is 2. The van der Waals surface area contributed by atoms with Gasteiger partial charge in [0, 0.05) is 5.56 Å². The molecular formula is C24H21N5. The van der Waals surface area contributed by atoms with Crippen LogP contribution in [0.1, 0.15) is 24.7 Å². The summed E-state index contributed by atoms with van der Waals surface area (Å²) in [5.74, 6) is 1.06. The first-order valence-electron chi connectivity index (χ1n) is 10.1. The van der Waals surface area contributed by atoms with E-state index < -0.39 is 0 Å². The van der Waals surface area contributed by atoms with Gasteiger partial charge in [-0.1, -0.05) is 30.3 Å². The lowest BCUT2D eigenvalue weighted by atomic mass is 9.99. The van der Waals surface area contributed by atoms with Crippen LogP contribution in [0.2, 0.25) is 0 Å². The molecule has 1 unspecified atom stereocenters. The zero-order chi connectivity index (χ0) is 19.2. The molecule has 29 heavy (non-hydrogen) atoms. The molecule has 5 nitrogen and oxygen atoms in total. The molecular weight excluding hydrogens is 358 g/mol. The molecule has 0 saturated carbocycles. The molecule has 1 atom stereocenters. The summed E-state index contributed by atoms with van der Waals surface area (Å²) in [4.78, 5) is 15.6. The molecule has 1 aliphatic rings. The number of benzene rings is 3. The van der Waals surface area contributed by atoms with Gasteiger partial charge in [-0.2, -0.15) is 0 Å². The molecule has 6 rings (SSSR count). The van der Waals surface area contributed by atoms with Crippen molar-refractivity contribution in [2.24, 2.45) is 0 Å². The predicted octanol–water partition coefficient (Wildman–Crippen LogP) is 5.20. The highest BCUT2D eigenvalue weighted by Gasteiger charge is 2.19. The molecule has 142 valence electrons. The number of hydrogen-bond donors (Lipinski definition) is 3. The molecule has 3 aromatic carbocycles. The molecule has 0 spiro atoms. The van der Waals surface area contributed by atoms with E-state index in [2.05, 4.69) is 74.9 Å². The van der Waals surface area contributed by atoms with Crippen molar-refractivity contribution in [1.29, 1.82) is 0 Å². The highest BCUT2D eigenvalue weighted by atomic mass is 15.0. The molecule has 0 bridgehead atoms. The van der Waals surface area contributed by atoms with Crippen LogP contribution >= 0.6 is 0 Å². The van der Waals surface area contributed by atoms with Crippen molar-refractivity contribution in [2.45, 2.75) is 18.9 Å². The summed E-state index contributed by atoms with van der Waals surface area (Å²) >= 11 is 0. The van der Waals surface area contributed by atoms with Gasteiger partial charge in [0.15, 0.2) is 0 Å². The molecule has 2 aromatic heterocycles. The Morgan fingerprint density at radius 2 is 1.66 bits per heavy atom. The van der Waals surface area contributed by atoms with Crippen LogP contribution in [0, 0.1) is 0 Å². The third kappa shape index (κ3) is 2.91. The van der Waals surface area contributed by atoms with Gasteiger partial charge in [-0.15, -0.1) is 0 Å². The van der Waals surface area contributed by atoms with Gasteiger partial charge in [-0.25, -0.2) is 9.97 Å². The number of rotatable bonds is 3. The number of H-pyrrole nitrogens is 2. The van der Waals surface area contributed by atoms with Crippen LogP contribution in [0.25, 0.3) is 44.2 Å². The number of hydrogen-bond acceptors (Lipinski definition) is 3. The van der Waals surface area contributed by atoms with Crippen molar-refractivity contribution in [3.05, 3.63) is 72.9 Å². The Labute approximate surface area is 168 Å².